The number of nitrogens with zero attached hydrogens (tertiary/aromatic N) is 1. The van der Waals surface area contributed by atoms with E-state index in [1.54, 1.807) is 36.4 Å². The lowest BCUT2D eigenvalue weighted by Crippen LogP contribution is -2.27. The van der Waals surface area contributed by atoms with E-state index < -0.39 is 0 Å². The number of benzene rings is 2. The number of carbonyl (C=O) groups excluding carboxylic acids is 2. The second kappa shape index (κ2) is 8.93. The van der Waals surface area contributed by atoms with E-state index >= 15 is 0 Å². The number of hydrogen-bond acceptors (Lipinski definition) is 5. The second-order valence-electron chi connectivity index (χ2n) is 5.96. The molecule has 1 heterocycles. The van der Waals surface area contributed by atoms with Gasteiger partial charge in [0, 0.05) is 11.6 Å². The number of halogens is 1. The summed E-state index contributed by atoms with van der Waals surface area (Å²) in [6.07, 6.45) is 1.65. The molecular formula is C21H20FNO4S. The van der Waals surface area contributed by atoms with Crippen molar-refractivity contribution in [2.75, 3.05) is 13.2 Å². The van der Waals surface area contributed by atoms with Gasteiger partial charge < -0.3 is 9.47 Å². The first kappa shape index (κ1) is 19.9. The first-order valence-electron chi connectivity index (χ1n) is 8.91. The second-order valence-corrected chi connectivity index (χ2v) is 6.95. The Morgan fingerprint density at radius 3 is 2.43 bits per heavy atom. The van der Waals surface area contributed by atoms with Crippen LogP contribution in [-0.4, -0.2) is 29.3 Å². The number of hydrogen-bond donors (Lipinski definition) is 0. The maximum Gasteiger partial charge on any atom is 0.293 e. The summed E-state index contributed by atoms with van der Waals surface area (Å²) in [4.78, 5) is 26.5. The molecule has 1 fully saturated rings. The summed E-state index contributed by atoms with van der Waals surface area (Å²) >= 11 is 0.878. The molecule has 2 amide bonds. The summed E-state index contributed by atoms with van der Waals surface area (Å²) in [5, 5.41) is -0.357. The van der Waals surface area contributed by atoms with E-state index in [4.69, 9.17) is 9.47 Å². The van der Waals surface area contributed by atoms with Crippen molar-refractivity contribution in [1.82, 2.24) is 4.90 Å². The van der Waals surface area contributed by atoms with E-state index in [0.29, 0.717) is 40.7 Å². The van der Waals surface area contributed by atoms with E-state index in [1.807, 2.05) is 13.8 Å². The average Bonchev–Trinajstić information content (AvgIpc) is 2.93. The molecule has 1 aliphatic heterocycles. The summed E-state index contributed by atoms with van der Waals surface area (Å²) in [6, 6.07) is 11.1. The van der Waals surface area contributed by atoms with E-state index in [1.165, 1.54) is 12.1 Å². The van der Waals surface area contributed by atoms with Crippen LogP contribution in [0.4, 0.5) is 9.18 Å². The Hall–Kier alpha value is -2.80. The molecule has 0 spiro atoms. The van der Waals surface area contributed by atoms with Crippen LogP contribution < -0.4 is 9.47 Å². The van der Waals surface area contributed by atoms with Gasteiger partial charge >= 0.3 is 0 Å². The number of imide groups is 1. The van der Waals surface area contributed by atoms with Gasteiger partial charge in [-0.05, 0) is 61.5 Å². The summed E-state index contributed by atoms with van der Waals surface area (Å²) in [6.45, 7) is 4.86. The van der Waals surface area contributed by atoms with Gasteiger partial charge in [-0.1, -0.05) is 12.1 Å². The molecule has 0 aromatic heterocycles. The predicted molar refractivity (Wildman–Crippen MR) is 107 cm³/mol. The van der Waals surface area contributed by atoms with Crippen LogP contribution in [0.1, 0.15) is 25.0 Å². The molecule has 1 saturated heterocycles. The normalized spacial score (nSPS) is 15.4. The Bertz CT molecular complexity index is 911. The van der Waals surface area contributed by atoms with Crippen LogP contribution in [-0.2, 0) is 11.3 Å². The molecule has 28 heavy (non-hydrogen) atoms. The van der Waals surface area contributed by atoms with Crippen LogP contribution in [0.2, 0.25) is 0 Å². The predicted octanol–water partition coefficient (Wildman–Crippen LogP) is 4.86. The van der Waals surface area contributed by atoms with Crippen molar-refractivity contribution in [1.29, 1.82) is 0 Å². The molecule has 1 aliphatic rings. The first-order valence-corrected chi connectivity index (χ1v) is 9.73. The number of carbonyl (C=O) groups is 2. The quantitative estimate of drug-likeness (QED) is 0.620. The minimum Gasteiger partial charge on any atom is -0.494 e. The Kier molecular flexibility index (Phi) is 6.36. The lowest BCUT2D eigenvalue weighted by atomic mass is 10.1. The minimum absolute atomic E-state index is 0.101. The van der Waals surface area contributed by atoms with Gasteiger partial charge in [0.2, 0.25) is 0 Å². The van der Waals surface area contributed by atoms with Crippen molar-refractivity contribution >= 4 is 29.0 Å². The van der Waals surface area contributed by atoms with Gasteiger partial charge in [0.15, 0.2) is 0 Å². The van der Waals surface area contributed by atoms with Crippen LogP contribution in [0.5, 0.6) is 11.5 Å². The van der Waals surface area contributed by atoms with Gasteiger partial charge in [0.1, 0.15) is 17.3 Å². The van der Waals surface area contributed by atoms with Gasteiger partial charge in [-0.2, -0.15) is 0 Å². The number of amides is 2. The molecule has 0 N–H and O–H groups in total. The Labute approximate surface area is 167 Å². The summed E-state index contributed by atoms with van der Waals surface area (Å²) < 4.78 is 24.2. The van der Waals surface area contributed by atoms with Crippen molar-refractivity contribution in [2.45, 2.75) is 20.4 Å². The molecular weight excluding hydrogens is 381 g/mol. The lowest BCUT2D eigenvalue weighted by molar-refractivity contribution is -0.123. The monoisotopic (exact) mass is 401 g/mol. The molecule has 3 rings (SSSR count). The highest BCUT2D eigenvalue weighted by Crippen LogP contribution is 2.35. The van der Waals surface area contributed by atoms with Crippen molar-refractivity contribution < 1.29 is 23.5 Å². The molecule has 5 nitrogen and oxygen atoms in total. The van der Waals surface area contributed by atoms with E-state index in [2.05, 4.69) is 0 Å². The Morgan fingerprint density at radius 2 is 1.75 bits per heavy atom. The number of rotatable bonds is 7. The van der Waals surface area contributed by atoms with Crippen LogP contribution >= 0.6 is 11.8 Å². The van der Waals surface area contributed by atoms with Crippen LogP contribution in [0, 0.1) is 5.82 Å². The maximum atomic E-state index is 13.1. The lowest BCUT2D eigenvalue weighted by Gasteiger charge is -2.12. The SMILES string of the molecule is CCOc1ccc(/C=C2\SC(=O)N(Cc3ccc(F)cc3)C2=O)c(OCC)c1. The van der Waals surface area contributed by atoms with Crippen LogP contribution in [0.25, 0.3) is 6.08 Å². The third-order valence-electron chi connectivity index (χ3n) is 4.01. The molecule has 0 unspecified atom stereocenters. The largest absolute Gasteiger partial charge is 0.494 e. The van der Waals surface area contributed by atoms with Crippen LogP contribution in [0.3, 0.4) is 0 Å². The summed E-state index contributed by atoms with van der Waals surface area (Å²) in [5.41, 5.74) is 1.37. The van der Waals surface area contributed by atoms with Crippen molar-refractivity contribution in [3.05, 3.63) is 64.3 Å². The molecule has 0 bridgehead atoms. The molecule has 0 saturated carbocycles. The topological polar surface area (TPSA) is 55.8 Å². The van der Waals surface area contributed by atoms with Gasteiger partial charge in [-0.15, -0.1) is 0 Å². The van der Waals surface area contributed by atoms with Crippen molar-refractivity contribution in [3.8, 4) is 11.5 Å². The van der Waals surface area contributed by atoms with E-state index in [9.17, 15) is 14.0 Å². The highest BCUT2D eigenvalue weighted by Gasteiger charge is 2.35. The zero-order valence-corrected chi connectivity index (χ0v) is 16.4. The Balaban J connectivity index is 1.83. The highest BCUT2D eigenvalue weighted by molar-refractivity contribution is 8.18. The zero-order chi connectivity index (χ0) is 20.1. The van der Waals surface area contributed by atoms with Gasteiger partial charge in [-0.3, -0.25) is 14.5 Å². The highest BCUT2D eigenvalue weighted by atomic mass is 32.2. The Morgan fingerprint density at radius 1 is 1.04 bits per heavy atom. The molecule has 2 aromatic rings. The zero-order valence-electron chi connectivity index (χ0n) is 15.6. The van der Waals surface area contributed by atoms with Gasteiger partial charge in [0.25, 0.3) is 11.1 Å². The number of ether oxygens (including phenoxy) is 2. The molecule has 0 aliphatic carbocycles. The molecule has 146 valence electrons. The van der Waals surface area contributed by atoms with Crippen molar-refractivity contribution in [2.24, 2.45) is 0 Å². The van der Waals surface area contributed by atoms with Gasteiger partial charge in [-0.25, -0.2) is 4.39 Å². The molecule has 0 atom stereocenters. The van der Waals surface area contributed by atoms with Crippen molar-refractivity contribution in [3.63, 3.8) is 0 Å². The van der Waals surface area contributed by atoms with E-state index in [0.717, 1.165) is 16.7 Å². The molecule has 0 radical (unpaired) electrons. The molecule has 7 heteroatoms. The summed E-state index contributed by atoms with van der Waals surface area (Å²) in [5.74, 6) is 0.513. The van der Waals surface area contributed by atoms with Crippen LogP contribution in [0.15, 0.2) is 47.4 Å². The molecule has 2 aromatic carbocycles. The maximum absolute atomic E-state index is 13.1. The minimum atomic E-state index is -0.379. The fourth-order valence-corrected chi connectivity index (χ4v) is 3.55. The third kappa shape index (κ3) is 4.54. The third-order valence-corrected chi connectivity index (χ3v) is 4.92. The average molecular weight is 401 g/mol. The summed E-state index contributed by atoms with van der Waals surface area (Å²) in [7, 11) is 0. The first-order chi connectivity index (χ1) is 13.5. The van der Waals surface area contributed by atoms with E-state index in [-0.39, 0.29) is 23.5 Å². The standard InChI is InChI=1S/C21H20FNO4S/c1-3-26-17-10-7-15(18(12-17)27-4-2)11-19-20(24)23(21(25)28-19)13-14-5-8-16(22)9-6-14/h5-12H,3-4,13H2,1-2H3/b19-11-. The fourth-order valence-electron chi connectivity index (χ4n) is 2.72. The van der Waals surface area contributed by atoms with Gasteiger partial charge in [0.05, 0.1) is 24.7 Å². The number of thioether (sulfide) groups is 1. The fraction of sp³-hybridized carbons (Fsp3) is 0.238. The smallest absolute Gasteiger partial charge is 0.293 e.